The van der Waals surface area contributed by atoms with Crippen molar-refractivity contribution in [1.29, 1.82) is 0 Å². The topological polar surface area (TPSA) is 32.3 Å². The molecule has 4 heteroatoms. The zero-order valence-electron chi connectivity index (χ0n) is 10.2. The molecule has 1 rings (SSSR count). The number of hydrogen-bond acceptors (Lipinski definition) is 2. The van der Waals surface area contributed by atoms with Crippen molar-refractivity contribution in [2.24, 2.45) is 5.92 Å². The van der Waals surface area contributed by atoms with E-state index in [1.807, 2.05) is 13.8 Å². The average molecular weight is 243 g/mol. The van der Waals surface area contributed by atoms with Gasteiger partial charge in [-0.2, -0.15) is 0 Å². The Labute approximate surface area is 101 Å². The van der Waals surface area contributed by atoms with Crippen molar-refractivity contribution in [3.8, 4) is 0 Å². The van der Waals surface area contributed by atoms with Crippen LogP contribution in [0.5, 0.6) is 0 Å². The highest BCUT2D eigenvalue weighted by atomic mass is 19.3. The summed E-state index contributed by atoms with van der Waals surface area (Å²) >= 11 is 0. The minimum absolute atomic E-state index is 0.0379. The van der Waals surface area contributed by atoms with E-state index in [9.17, 15) is 13.9 Å². The van der Waals surface area contributed by atoms with Gasteiger partial charge in [0.25, 0.3) is 6.43 Å². The van der Waals surface area contributed by atoms with Crippen LogP contribution in [0, 0.1) is 5.92 Å². The van der Waals surface area contributed by atoms with Crippen molar-refractivity contribution >= 4 is 0 Å². The number of halogens is 2. The van der Waals surface area contributed by atoms with Crippen LogP contribution < -0.4 is 5.32 Å². The van der Waals surface area contributed by atoms with Crippen molar-refractivity contribution < 1.29 is 13.9 Å². The van der Waals surface area contributed by atoms with E-state index in [0.717, 1.165) is 5.56 Å². The molecule has 0 saturated carbocycles. The predicted octanol–water partition coefficient (Wildman–Crippen LogP) is 2.73. The molecule has 0 aliphatic rings. The first-order valence-corrected chi connectivity index (χ1v) is 5.76. The highest BCUT2D eigenvalue weighted by Gasteiger charge is 2.08. The summed E-state index contributed by atoms with van der Waals surface area (Å²) in [6.45, 7) is 4.98. The molecule has 0 spiro atoms. The lowest BCUT2D eigenvalue weighted by atomic mass is 10.1. The first-order valence-electron chi connectivity index (χ1n) is 5.76. The third-order valence-corrected chi connectivity index (χ3v) is 2.68. The molecular weight excluding hydrogens is 224 g/mol. The second-order valence-corrected chi connectivity index (χ2v) is 4.48. The monoisotopic (exact) mass is 243 g/mol. The van der Waals surface area contributed by atoms with Crippen LogP contribution >= 0.6 is 0 Å². The van der Waals surface area contributed by atoms with Gasteiger partial charge in [-0.15, -0.1) is 0 Å². The van der Waals surface area contributed by atoms with E-state index in [0.29, 0.717) is 13.1 Å². The van der Waals surface area contributed by atoms with Crippen LogP contribution in [0.15, 0.2) is 24.3 Å². The van der Waals surface area contributed by atoms with Crippen LogP contribution in [0.25, 0.3) is 0 Å². The fourth-order valence-corrected chi connectivity index (χ4v) is 1.38. The van der Waals surface area contributed by atoms with Crippen LogP contribution in [-0.4, -0.2) is 17.8 Å². The fourth-order valence-electron chi connectivity index (χ4n) is 1.38. The summed E-state index contributed by atoms with van der Waals surface area (Å²) in [6, 6.07) is 6.22. The van der Waals surface area contributed by atoms with Crippen molar-refractivity contribution in [1.82, 2.24) is 5.32 Å². The fraction of sp³-hybridized carbons (Fsp3) is 0.538. The first kappa shape index (κ1) is 14.1. The van der Waals surface area contributed by atoms with Crippen molar-refractivity contribution in [2.45, 2.75) is 32.9 Å². The molecule has 1 atom stereocenters. The highest BCUT2D eigenvalue weighted by molar-refractivity contribution is 5.23. The van der Waals surface area contributed by atoms with Gasteiger partial charge in [0.2, 0.25) is 0 Å². The molecule has 1 aromatic carbocycles. The zero-order valence-corrected chi connectivity index (χ0v) is 10.2. The number of nitrogens with one attached hydrogen (secondary N) is 1. The van der Waals surface area contributed by atoms with Gasteiger partial charge in [0.1, 0.15) is 0 Å². The maximum atomic E-state index is 12.3. The Morgan fingerprint density at radius 3 is 2.24 bits per heavy atom. The molecule has 1 aromatic rings. The minimum atomic E-state index is -2.42. The number of alkyl halides is 2. The van der Waals surface area contributed by atoms with Gasteiger partial charge in [0.05, 0.1) is 6.10 Å². The van der Waals surface area contributed by atoms with Gasteiger partial charge in [-0.25, -0.2) is 8.78 Å². The van der Waals surface area contributed by atoms with Gasteiger partial charge in [-0.3, -0.25) is 0 Å². The Bertz CT molecular complexity index is 325. The molecule has 2 N–H and O–H groups in total. The van der Waals surface area contributed by atoms with E-state index in [1.54, 1.807) is 12.1 Å². The third-order valence-electron chi connectivity index (χ3n) is 2.68. The number of hydrogen-bond donors (Lipinski definition) is 2. The second-order valence-electron chi connectivity index (χ2n) is 4.48. The normalized spacial score (nSPS) is 13.4. The largest absolute Gasteiger partial charge is 0.392 e. The van der Waals surface area contributed by atoms with E-state index < -0.39 is 6.43 Å². The number of aliphatic hydroxyl groups is 1. The lowest BCUT2D eigenvalue weighted by molar-refractivity contribution is 0.123. The summed E-state index contributed by atoms with van der Waals surface area (Å²) in [5, 5.41) is 12.7. The molecule has 2 nitrogen and oxygen atoms in total. The second kappa shape index (κ2) is 6.67. The van der Waals surface area contributed by atoms with Crippen molar-refractivity contribution in [3.63, 3.8) is 0 Å². The zero-order chi connectivity index (χ0) is 12.8. The highest BCUT2D eigenvalue weighted by Crippen LogP contribution is 2.18. The summed E-state index contributed by atoms with van der Waals surface area (Å²) in [5.74, 6) is 0.212. The van der Waals surface area contributed by atoms with Crippen LogP contribution in [-0.2, 0) is 6.54 Å². The predicted molar refractivity (Wildman–Crippen MR) is 64.0 cm³/mol. The molecule has 0 aliphatic heterocycles. The Morgan fingerprint density at radius 2 is 1.76 bits per heavy atom. The summed E-state index contributed by atoms with van der Waals surface area (Å²) in [6.07, 6.45) is -2.80. The lowest BCUT2D eigenvalue weighted by Gasteiger charge is -2.15. The third kappa shape index (κ3) is 4.79. The molecule has 0 heterocycles. The van der Waals surface area contributed by atoms with E-state index >= 15 is 0 Å². The summed E-state index contributed by atoms with van der Waals surface area (Å²) < 4.78 is 24.6. The van der Waals surface area contributed by atoms with Gasteiger partial charge in [0, 0.05) is 18.7 Å². The van der Waals surface area contributed by atoms with Gasteiger partial charge in [-0.05, 0) is 11.5 Å². The van der Waals surface area contributed by atoms with Crippen LogP contribution in [0.2, 0.25) is 0 Å². The molecule has 17 heavy (non-hydrogen) atoms. The Hall–Kier alpha value is -1.00. The molecule has 1 unspecified atom stereocenters. The quantitative estimate of drug-likeness (QED) is 0.805. The number of aliphatic hydroxyl groups excluding tert-OH is 1. The standard InChI is InChI=1S/C13H19F2NO/c1-9(2)12(17)8-16-7-10-3-5-11(6-4-10)13(14)15/h3-6,9,12-13,16-17H,7-8H2,1-2H3. The molecule has 0 fully saturated rings. The van der Waals surface area contributed by atoms with E-state index in [4.69, 9.17) is 0 Å². The maximum absolute atomic E-state index is 12.3. The molecule has 0 saturated heterocycles. The molecule has 96 valence electrons. The summed E-state index contributed by atoms with van der Waals surface area (Å²) in [4.78, 5) is 0. The average Bonchev–Trinajstić information content (AvgIpc) is 2.29. The Balaban J connectivity index is 2.37. The first-order chi connectivity index (χ1) is 8.00. The molecule has 0 bridgehead atoms. The van der Waals surface area contributed by atoms with Gasteiger partial charge >= 0.3 is 0 Å². The van der Waals surface area contributed by atoms with Gasteiger partial charge < -0.3 is 10.4 Å². The van der Waals surface area contributed by atoms with Gasteiger partial charge in [-0.1, -0.05) is 38.1 Å². The SMILES string of the molecule is CC(C)C(O)CNCc1ccc(C(F)F)cc1. The molecule has 0 aliphatic carbocycles. The molecule has 0 aromatic heterocycles. The Kier molecular flexibility index (Phi) is 5.51. The van der Waals surface area contributed by atoms with Crippen molar-refractivity contribution in [3.05, 3.63) is 35.4 Å². The molecular formula is C13H19F2NO. The van der Waals surface area contributed by atoms with Crippen molar-refractivity contribution in [2.75, 3.05) is 6.54 Å². The maximum Gasteiger partial charge on any atom is 0.263 e. The summed E-state index contributed by atoms with van der Waals surface area (Å²) in [5.41, 5.74) is 0.973. The van der Waals surface area contributed by atoms with Gasteiger partial charge in [0.15, 0.2) is 0 Å². The van der Waals surface area contributed by atoms with E-state index in [1.165, 1.54) is 12.1 Å². The smallest absolute Gasteiger partial charge is 0.263 e. The minimum Gasteiger partial charge on any atom is -0.392 e. The van der Waals surface area contributed by atoms with Crippen LogP contribution in [0.3, 0.4) is 0 Å². The lowest BCUT2D eigenvalue weighted by Crippen LogP contribution is -2.30. The molecule has 0 radical (unpaired) electrons. The number of rotatable bonds is 6. The summed E-state index contributed by atoms with van der Waals surface area (Å²) in [7, 11) is 0. The van der Waals surface area contributed by atoms with E-state index in [-0.39, 0.29) is 17.6 Å². The molecule has 0 amide bonds. The Morgan fingerprint density at radius 1 is 1.18 bits per heavy atom. The van der Waals surface area contributed by atoms with Crippen LogP contribution in [0.4, 0.5) is 8.78 Å². The van der Waals surface area contributed by atoms with Crippen LogP contribution in [0.1, 0.15) is 31.4 Å². The van der Waals surface area contributed by atoms with E-state index in [2.05, 4.69) is 5.32 Å². The number of benzene rings is 1.